The summed E-state index contributed by atoms with van der Waals surface area (Å²) < 4.78 is 0. The van der Waals surface area contributed by atoms with E-state index in [-0.39, 0.29) is 5.41 Å². The van der Waals surface area contributed by atoms with Gasteiger partial charge >= 0.3 is 0 Å². The van der Waals surface area contributed by atoms with Crippen molar-refractivity contribution >= 4 is 5.69 Å². The van der Waals surface area contributed by atoms with Crippen LogP contribution in [0.2, 0.25) is 0 Å². The van der Waals surface area contributed by atoms with Crippen LogP contribution in [0.1, 0.15) is 52.5 Å². The second-order valence-electron chi connectivity index (χ2n) is 8.28. The quantitative estimate of drug-likeness (QED) is 0.484. The van der Waals surface area contributed by atoms with Gasteiger partial charge in [-0.2, -0.15) is 0 Å². The summed E-state index contributed by atoms with van der Waals surface area (Å²) in [7, 11) is 0. The average molecular weight is 349 g/mol. The van der Waals surface area contributed by atoms with Crippen molar-refractivity contribution in [2.45, 2.75) is 66.1 Å². The Kier molecular flexibility index (Phi) is 6.63. The minimum atomic E-state index is -0.507. The Labute approximate surface area is 150 Å². The van der Waals surface area contributed by atoms with Crippen molar-refractivity contribution in [2.75, 3.05) is 5.32 Å². The summed E-state index contributed by atoms with van der Waals surface area (Å²) in [5.41, 5.74) is 3.78. The summed E-state index contributed by atoms with van der Waals surface area (Å²) in [6, 6.07) is 8.13. The third-order valence-corrected chi connectivity index (χ3v) is 4.73. The third kappa shape index (κ3) is 5.28. The van der Waals surface area contributed by atoms with Crippen LogP contribution < -0.4 is 5.32 Å². The second-order valence-corrected chi connectivity index (χ2v) is 8.28. The first-order chi connectivity index (χ1) is 11.8. The minimum absolute atomic E-state index is 0.100. The van der Waals surface area contributed by atoms with Gasteiger partial charge in [0.15, 0.2) is 0 Å². The van der Waals surface area contributed by atoms with Crippen molar-refractivity contribution in [3.63, 3.8) is 0 Å². The molecule has 0 aliphatic heterocycles. The molecule has 1 aliphatic carbocycles. The highest BCUT2D eigenvalue weighted by Crippen LogP contribution is 2.42. The summed E-state index contributed by atoms with van der Waals surface area (Å²) in [5, 5.41) is 22.4. The molecular formula is C20H31NO4. The van der Waals surface area contributed by atoms with Gasteiger partial charge in [0.2, 0.25) is 0 Å². The first-order valence-corrected chi connectivity index (χ1v) is 8.93. The number of anilines is 1. The molecule has 1 aliphatic rings. The van der Waals surface area contributed by atoms with Crippen molar-refractivity contribution in [3.8, 4) is 0 Å². The lowest BCUT2D eigenvalue weighted by Crippen LogP contribution is -2.41. The van der Waals surface area contributed by atoms with E-state index >= 15 is 0 Å². The lowest BCUT2D eigenvalue weighted by atomic mass is 9.71. The van der Waals surface area contributed by atoms with Gasteiger partial charge in [-0.3, -0.25) is 10.5 Å². The fourth-order valence-electron chi connectivity index (χ4n) is 3.55. The van der Waals surface area contributed by atoms with Crippen molar-refractivity contribution in [3.05, 3.63) is 41.1 Å². The molecule has 1 aromatic rings. The predicted molar refractivity (Wildman–Crippen MR) is 99.3 cm³/mol. The van der Waals surface area contributed by atoms with Gasteiger partial charge in [-0.1, -0.05) is 45.4 Å². The topological polar surface area (TPSA) is 71.0 Å². The average Bonchev–Trinajstić information content (AvgIpc) is 2.54. The standard InChI is InChI=1S/C20H31NO4/c1-13(2)10-16(21-15-8-6-14(3)7-9-15)19-17(24-22)11-20(4,5)12-18(19)25-23/h6-9,13,17-18,21-23H,10-12H2,1-5H3. The highest BCUT2D eigenvalue weighted by Gasteiger charge is 2.41. The van der Waals surface area contributed by atoms with Gasteiger partial charge in [0.05, 0.1) is 0 Å². The number of hydrogen-bond donors (Lipinski definition) is 3. The van der Waals surface area contributed by atoms with Gasteiger partial charge in [-0.05, 0) is 49.7 Å². The number of aryl methyl sites for hydroxylation is 1. The third-order valence-electron chi connectivity index (χ3n) is 4.73. The first-order valence-electron chi connectivity index (χ1n) is 8.93. The Morgan fingerprint density at radius 2 is 1.64 bits per heavy atom. The van der Waals surface area contributed by atoms with Crippen molar-refractivity contribution in [1.82, 2.24) is 0 Å². The molecule has 2 atom stereocenters. The van der Waals surface area contributed by atoms with Gasteiger partial charge in [-0.25, -0.2) is 9.78 Å². The zero-order valence-corrected chi connectivity index (χ0v) is 15.9. The predicted octanol–water partition coefficient (Wildman–Crippen LogP) is 5.24. The SMILES string of the molecule is Cc1ccc(NC(CC(C)C)=C2C(OO)CC(C)(C)CC2OO)cc1. The maximum atomic E-state index is 9.49. The van der Waals surface area contributed by atoms with Crippen molar-refractivity contribution in [1.29, 1.82) is 0 Å². The molecule has 0 aromatic heterocycles. The van der Waals surface area contributed by atoms with Crippen LogP contribution in [0.3, 0.4) is 0 Å². The van der Waals surface area contributed by atoms with Crippen molar-refractivity contribution in [2.24, 2.45) is 11.3 Å². The molecule has 1 fully saturated rings. The number of rotatable bonds is 6. The molecule has 3 N–H and O–H groups in total. The molecule has 0 spiro atoms. The zero-order valence-electron chi connectivity index (χ0n) is 15.9. The molecule has 5 heteroatoms. The van der Waals surface area contributed by atoms with Crippen LogP contribution in [0, 0.1) is 18.3 Å². The fourth-order valence-corrected chi connectivity index (χ4v) is 3.55. The van der Waals surface area contributed by atoms with Crippen LogP contribution in [0.25, 0.3) is 0 Å². The monoisotopic (exact) mass is 349 g/mol. The second kappa shape index (κ2) is 8.32. The van der Waals surface area contributed by atoms with E-state index in [1.54, 1.807) is 0 Å². The molecule has 0 radical (unpaired) electrons. The molecule has 0 amide bonds. The Balaban J connectivity index is 2.43. The van der Waals surface area contributed by atoms with Crippen LogP contribution in [-0.2, 0) is 9.78 Å². The van der Waals surface area contributed by atoms with Crippen LogP contribution >= 0.6 is 0 Å². The van der Waals surface area contributed by atoms with E-state index in [4.69, 9.17) is 9.78 Å². The molecule has 2 rings (SSSR count). The lowest BCUT2D eigenvalue weighted by molar-refractivity contribution is -0.310. The smallest absolute Gasteiger partial charge is 0.119 e. The van der Waals surface area contributed by atoms with E-state index in [9.17, 15) is 10.5 Å². The van der Waals surface area contributed by atoms with Crippen LogP contribution in [0.4, 0.5) is 5.69 Å². The molecule has 0 bridgehead atoms. The highest BCUT2D eigenvalue weighted by molar-refractivity contribution is 5.51. The number of nitrogens with one attached hydrogen (secondary N) is 1. The summed E-state index contributed by atoms with van der Waals surface area (Å²) in [6.45, 7) is 10.5. The summed E-state index contributed by atoms with van der Waals surface area (Å²) >= 11 is 0. The van der Waals surface area contributed by atoms with E-state index in [0.717, 1.165) is 23.4 Å². The van der Waals surface area contributed by atoms with Gasteiger partial charge in [0.1, 0.15) is 12.2 Å². The molecule has 1 aromatic carbocycles. The van der Waals surface area contributed by atoms with Gasteiger partial charge in [0.25, 0.3) is 0 Å². The number of allylic oxidation sites excluding steroid dienone is 1. The Hall–Kier alpha value is -1.40. The molecule has 5 nitrogen and oxygen atoms in total. The molecule has 140 valence electrons. The number of hydrogen-bond acceptors (Lipinski definition) is 5. The van der Waals surface area contributed by atoms with Crippen LogP contribution in [0.15, 0.2) is 35.5 Å². The van der Waals surface area contributed by atoms with Crippen molar-refractivity contribution < 1.29 is 20.3 Å². The molecule has 2 unspecified atom stereocenters. The van der Waals surface area contributed by atoms with Crippen LogP contribution in [-0.4, -0.2) is 22.7 Å². The normalized spacial score (nSPS) is 23.0. The summed E-state index contributed by atoms with van der Waals surface area (Å²) in [4.78, 5) is 9.60. The Bertz CT molecular complexity index is 574. The lowest BCUT2D eigenvalue weighted by Gasteiger charge is -2.40. The van der Waals surface area contributed by atoms with Crippen LogP contribution in [0.5, 0.6) is 0 Å². The van der Waals surface area contributed by atoms with E-state index in [0.29, 0.717) is 18.8 Å². The first kappa shape index (κ1) is 19.9. The maximum Gasteiger partial charge on any atom is 0.119 e. The van der Waals surface area contributed by atoms with Gasteiger partial charge in [-0.15, -0.1) is 0 Å². The van der Waals surface area contributed by atoms with Gasteiger partial charge < -0.3 is 5.32 Å². The van der Waals surface area contributed by atoms with E-state index in [1.165, 1.54) is 5.56 Å². The largest absolute Gasteiger partial charge is 0.359 e. The maximum absolute atomic E-state index is 9.49. The fraction of sp³-hybridized carbons (Fsp3) is 0.600. The highest BCUT2D eigenvalue weighted by atomic mass is 17.1. The molecule has 0 heterocycles. The van der Waals surface area contributed by atoms with E-state index in [1.807, 2.05) is 31.2 Å². The molecule has 1 saturated carbocycles. The molecular weight excluding hydrogens is 318 g/mol. The Morgan fingerprint density at radius 3 is 2.08 bits per heavy atom. The summed E-state index contributed by atoms with van der Waals surface area (Å²) in [5.74, 6) is 0.397. The van der Waals surface area contributed by atoms with E-state index < -0.39 is 12.2 Å². The molecule has 0 saturated heterocycles. The number of benzene rings is 1. The summed E-state index contributed by atoms with van der Waals surface area (Å²) in [6.07, 6.45) is 1.08. The minimum Gasteiger partial charge on any atom is -0.359 e. The Morgan fingerprint density at radius 1 is 1.12 bits per heavy atom. The van der Waals surface area contributed by atoms with Gasteiger partial charge in [0, 0.05) is 17.0 Å². The zero-order chi connectivity index (χ0) is 18.6. The van der Waals surface area contributed by atoms with E-state index in [2.05, 4.69) is 33.0 Å². The molecule has 25 heavy (non-hydrogen) atoms.